The molecule has 4 rings (SSSR count). The second-order valence-electron chi connectivity index (χ2n) is 6.55. The fraction of sp³-hybridized carbons (Fsp3) is 0.200. The minimum Gasteiger partial charge on any atom is -0.321 e. The van der Waals surface area contributed by atoms with Crippen LogP contribution in [0.3, 0.4) is 0 Å². The number of aryl methyl sites for hydroxylation is 4. The van der Waals surface area contributed by atoms with Crippen molar-refractivity contribution >= 4 is 44.9 Å². The highest BCUT2D eigenvalue weighted by atomic mass is 32.2. The maximum absolute atomic E-state index is 12.6. The zero-order valence-corrected chi connectivity index (χ0v) is 17.6. The van der Waals surface area contributed by atoms with Crippen molar-refractivity contribution in [2.24, 2.45) is 7.05 Å². The van der Waals surface area contributed by atoms with Gasteiger partial charge in [0.15, 0.2) is 5.16 Å². The topological polar surface area (TPSA) is 72.7 Å². The fourth-order valence-electron chi connectivity index (χ4n) is 2.96. The Morgan fingerprint density at radius 3 is 2.39 bits per heavy atom. The van der Waals surface area contributed by atoms with Gasteiger partial charge in [-0.05, 0) is 68.9 Å². The average Bonchev–Trinajstić information content (AvgIpc) is 3.18. The molecular formula is C20H19N5OS2. The normalized spacial score (nSPS) is 11.1. The first kappa shape index (κ1) is 18.6. The summed E-state index contributed by atoms with van der Waals surface area (Å²) in [6, 6.07) is 11.6. The van der Waals surface area contributed by atoms with Gasteiger partial charge in [0.25, 0.3) is 5.91 Å². The standard InChI is InChI=1S/C20H19N5OS2/c1-11-9-12(2)22-20(21-11)27-15-7-5-14(6-8-15)23-18(26)17-10-16-13(3)24-25(4)19(16)28-17/h5-10H,1-4H3,(H,23,26). The van der Waals surface area contributed by atoms with Gasteiger partial charge in [-0.3, -0.25) is 9.48 Å². The Bertz CT molecular complexity index is 1120. The molecule has 0 aliphatic rings. The van der Waals surface area contributed by atoms with Crippen LogP contribution >= 0.6 is 23.1 Å². The van der Waals surface area contributed by atoms with E-state index in [4.69, 9.17) is 0 Å². The van der Waals surface area contributed by atoms with Crippen LogP contribution in [0.2, 0.25) is 0 Å². The largest absolute Gasteiger partial charge is 0.321 e. The van der Waals surface area contributed by atoms with Gasteiger partial charge in [-0.2, -0.15) is 5.10 Å². The Labute approximate surface area is 171 Å². The van der Waals surface area contributed by atoms with E-state index < -0.39 is 0 Å². The number of hydrogen-bond acceptors (Lipinski definition) is 6. The highest BCUT2D eigenvalue weighted by Crippen LogP contribution is 2.29. The summed E-state index contributed by atoms with van der Waals surface area (Å²) in [7, 11) is 1.89. The molecule has 3 heterocycles. The molecule has 0 fully saturated rings. The minimum absolute atomic E-state index is 0.112. The third kappa shape index (κ3) is 3.79. The van der Waals surface area contributed by atoms with E-state index in [1.807, 2.05) is 68.9 Å². The molecule has 0 aliphatic carbocycles. The first-order chi connectivity index (χ1) is 13.4. The van der Waals surface area contributed by atoms with Crippen molar-refractivity contribution in [3.8, 4) is 0 Å². The third-order valence-electron chi connectivity index (χ3n) is 4.20. The molecule has 1 N–H and O–H groups in total. The minimum atomic E-state index is -0.112. The summed E-state index contributed by atoms with van der Waals surface area (Å²) in [5, 5.41) is 9.08. The van der Waals surface area contributed by atoms with Gasteiger partial charge in [0.2, 0.25) is 0 Å². The van der Waals surface area contributed by atoms with Crippen LogP contribution in [0.5, 0.6) is 0 Å². The zero-order valence-electron chi connectivity index (χ0n) is 16.0. The van der Waals surface area contributed by atoms with Crippen molar-refractivity contribution in [3.63, 3.8) is 0 Å². The van der Waals surface area contributed by atoms with E-state index in [0.29, 0.717) is 4.88 Å². The molecule has 0 unspecified atom stereocenters. The summed E-state index contributed by atoms with van der Waals surface area (Å²) >= 11 is 2.95. The summed E-state index contributed by atoms with van der Waals surface area (Å²) in [6.07, 6.45) is 0. The first-order valence-corrected chi connectivity index (χ1v) is 10.4. The van der Waals surface area contributed by atoms with Crippen LogP contribution in [0.4, 0.5) is 5.69 Å². The maximum atomic E-state index is 12.6. The van der Waals surface area contributed by atoms with E-state index in [9.17, 15) is 4.79 Å². The van der Waals surface area contributed by atoms with Gasteiger partial charge < -0.3 is 5.32 Å². The number of benzene rings is 1. The summed E-state index contributed by atoms with van der Waals surface area (Å²) < 4.78 is 1.81. The lowest BCUT2D eigenvalue weighted by Crippen LogP contribution is -2.09. The monoisotopic (exact) mass is 409 g/mol. The Hall–Kier alpha value is -2.71. The van der Waals surface area contributed by atoms with Gasteiger partial charge in [0, 0.05) is 34.4 Å². The number of anilines is 1. The third-order valence-corrected chi connectivity index (χ3v) is 6.28. The SMILES string of the molecule is Cc1cc(C)nc(Sc2ccc(NC(=O)c3cc4c(C)nn(C)c4s3)cc2)n1. The molecule has 0 atom stereocenters. The molecular weight excluding hydrogens is 390 g/mol. The molecule has 6 nitrogen and oxygen atoms in total. The van der Waals surface area contributed by atoms with Crippen molar-refractivity contribution < 1.29 is 4.79 Å². The van der Waals surface area contributed by atoms with Crippen molar-refractivity contribution in [2.45, 2.75) is 30.8 Å². The average molecular weight is 410 g/mol. The van der Waals surface area contributed by atoms with Crippen molar-refractivity contribution in [3.05, 3.63) is 58.4 Å². The predicted molar refractivity (Wildman–Crippen MR) is 113 cm³/mol. The van der Waals surface area contributed by atoms with Crippen molar-refractivity contribution in [2.75, 3.05) is 5.32 Å². The van der Waals surface area contributed by atoms with E-state index in [1.54, 1.807) is 0 Å². The molecule has 4 aromatic rings. The number of carbonyl (C=O) groups is 1. The van der Waals surface area contributed by atoms with Gasteiger partial charge in [-0.1, -0.05) is 0 Å². The smallest absolute Gasteiger partial charge is 0.265 e. The highest BCUT2D eigenvalue weighted by molar-refractivity contribution is 7.99. The number of thiophene rings is 1. The number of carbonyl (C=O) groups excluding carboxylic acids is 1. The lowest BCUT2D eigenvalue weighted by Gasteiger charge is -2.06. The second-order valence-corrected chi connectivity index (χ2v) is 8.62. The molecule has 8 heteroatoms. The Morgan fingerprint density at radius 1 is 1.07 bits per heavy atom. The predicted octanol–water partition coefficient (Wildman–Crippen LogP) is 4.75. The Kier molecular flexibility index (Phi) is 4.91. The van der Waals surface area contributed by atoms with Crippen LogP contribution in [0.15, 0.2) is 46.5 Å². The Morgan fingerprint density at radius 2 is 1.75 bits per heavy atom. The number of fused-ring (bicyclic) bond motifs is 1. The molecule has 1 aromatic carbocycles. The molecule has 142 valence electrons. The molecule has 0 saturated carbocycles. The summed E-state index contributed by atoms with van der Waals surface area (Å²) in [4.78, 5) is 24.2. The van der Waals surface area contributed by atoms with Crippen LogP contribution in [-0.4, -0.2) is 25.7 Å². The molecule has 1 amide bonds. The van der Waals surface area contributed by atoms with Gasteiger partial charge >= 0.3 is 0 Å². The number of nitrogens with zero attached hydrogens (tertiary/aromatic N) is 4. The van der Waals surface area contributed by atoms with Crippen LogP contribution in [-0.2, 0) is 7.05 Å². The van der Waals surface area contributed by atoms with E-state index in [0.717, 1.165) is 43.0 Å². The lowest BCUT2D eigenvalue weighted by molar-refractivity contribution is 0.103. The van der Waals surface area contributed by atoms with Crippen molar-refractivity contribution in [1.29, 1.82) is 0 Å². The molecule has 0 bridgehead atoms. The fourth-order valence-corrected chi connectivity index (χ4v) is 4.84. The molecule has 28 heavy (non-hydrogen) atoms. The molecule has 3 aromatic heterocycles. The summed E-state index contributed by atoms with van der Waals surface area (Å²) in [5.41, 5.74) is 3.59. The van der Waals surface area contributed by atoms with E-state index in [-0.39, 0.29) is 5.91 Å². The molecule has 0 saturated heterocycles. The van der Waals surface area contributed by atoms with Gasteiger partial charge in [-0.25, -0.2) is 9.97 Å². The van der Waals surface area contributed by atoms with Crippen LogP contribution in [0.25, 0.3) is 10.2 Å². The van der Waals surface area contributed by atoms with E-state index in [1.165, 1.54) is 23.1 Å². The van der Waals surface area contributed by atoms with Gasteiger partial charge in [0.05, 0.1) is 10.6 Å². The Balaban J connectivity index is 1.47. The van der Waals surface area contributed by atoms with E-state index >= 15 is 0 Å². The van der Waals surface area contributed by atoms with Gasteiger partial charge in [0.1, 0.15) is 4.83 Å². The first-order valence-electron chi connectivity index (χ1n) is 8.74. The maximum Gasteiger partial charge on any atom is 0.265 e. The van der Waals surface area contributed by atoms with Crippen LogP contribution < -0.4 is 5.32 Å². The number of hydrogen-bond donors (Lipinski definition) is 1. The zero-order chi connectivity index (χ0) is 19.8. The van der Waals surface area contributed by atoms with E-state index in [2.05, 4.69) is 20.4 Å². The van der Waals surface area contributed by atoms with Crippen molar-refractivity contribution in [1.82, 2.24) is 19.7 Å². The number of nitrogens with one attached hydrogen (secondary N) is 1. The molecule has 0 radical (unpaired) electrons. The highest BCUT2D eigenvalue weighted by Gasteiger charge is 2.15. The quantitative estimate of drug-likeness (QED) is 0.492. The molecule has 0 aliphatic heterocycles. The van der Waals surface area contributed by atoms with Crippen LogP contribution in [0, 0.1) is 20.8 Å². The summed E-state index contributed by atoms with van der Waals surface area (Å²) in [6.45, 7) is 5.87. The number of rotatable bonds is 4. The lowest BCUT2D eigenvalue weighted by atomic mass is 10.3. The summed E-state index contributed by atoms with van der Waals surface area (Å²) in [5.74, 6) is -0.112. The van der Waals surface area contributed by atoms with Crippen LogP contribution in [0.1, 0.15) is 26.8 Å². The number of aromatic nitrogens is 4. The number of amides is 1. The second kappa shape index (κ2) is 7.37. The van der Waals surface area contributed by atoms with Gasteiger partial charge in [-0.15, -0.1) is 11.3 Å². The molecule has 0 spiro atoms.